The van der Waals surface area contributed by atoms with Crippen molar-refractivity contribution in [2.24, 2.45) is 0 Å². The first kappa shape index (κ1) is 18.9. The van der Waals surface area contributed by atoms with Crippen LogP contribution in [0.4, 0.5) is 5.69 Å². The number of nitrogens with one attached hydrogen (secondary N) is 2. The first-order chi connectivity index (χ1) is 14.1. The molecule has 2 N–H and O–H groups in total. The minimum absolute atomic E-state index is 0.241. The average molecular weight is 407 g/mol. The predicted molar refractivity (Wildman–Crippen MR) is 116 cm³/mol. The van der Waals surface area contributed by atoms with Gasteiger partial charge in [0.1, 0.15) is 11.5 Å². The van der Waals surface area contributed by atoms with E-state index in [9.17, 15) is 4.79 Å². The lowest BCUT2D eigenvalue weighted by molar-refractivity contribution is 0.102. The number of halogens is 1. The number of rotatable bonds is 5. The molecule has 0 fully saturated rings. The molecule has 0 atom stereocenters. The topological polar surface area (TPSA) is 63.4 Å². The SMILES string of the molecule is COc1cc(OC)cc(C(=O)Nc2ccc(-c3cc4cc(Cl)ccc4[nH]3)cc2)c1. The minimum Gasteiger partial charge on any atom is -0.497 e. The number of anilines is 1. The van der Waals surface area contributed by atoms with Crippen molar-refractivity contribution in [1.29, 1.82) is 0 Å². The lowest BCUT2D eigenvalue weighted by atomic mass is 10.1. The Morgan fingerprint density at radius 2 is 1.59 bits per heavy atom. The number of methoxy groups -OCH3 is 2. The van der Waals surface area contributed by atoms with Crippen molar-refractivity contribution in [3.8, 4) is 22.8 Å². The van der Waals surface area contributed by atoms with Crippen LogP contribution in [0.5, 0.6) is 11.5 Å². The van der Waals surface area contributed by atoms with Crippen LogP contribution in [-0.4, -0.2) is 25.1 Å². The van der Waals surface area contributed by atoms with E-state index in [1.807, 2.05) is 42.5 Å². The quantitative estimate of drug-likeness (QED) is 0.443. The van der Waals surface area contributed by atoms with Gasteiger partial charge in [-0.1, -0.05) is 23.7 Å². The Kier molecular flexibility index (Phi) is 5.14. The van der Waals surface area contributed by atoms with Crippen LogP contribution in [0.15, 0.2) is 66.7 Å². The fourth-order valence-corrected chi connectivity index (χ4v) is 3.31. The van der Waals surface area contributed by atoms with Gasteiger partial charge in [-0.15, -0.1) is 0 Å². The van der Waals surface area contributed by atoms with Crippen LogP contribution in [0.25, 0.3) is 22.2 Å². The van der Waals surface area contributed by atoms with Crippen LogP contribution < -0.4 is 14.8 Å². The minimum atomic E-state index is -0.241. The highest BCUT2D eigenvalue weighted by Crippen LogP contribution is 2.28. The molecule has 6 heteroatoms. The van der Waals surface area contributed by atoms with Gasteiger partial charge in [-0.2, -0.15) is 0 Å². The molecule has 3 aromatic carbocycles. The summed E-state index contributed by atoms with van der Waals surface area (Å²) in [5.41, 5.74) is 4.17. The number of benzene rings is 3. The molecule has 0 bridgehead atoms. The maximum absolute atomic E-state index is 12.6. The van der Waals surface area contributed by atoms with Crippen molar-refractivity contribution in [2.75, 3.05) is 19.5 Å². The predicted octanol–water partition coefficient (Wildman–Crippen LogP) is 5.76. The van der Waals surface area contributed by atoms with Gasteiger partial charge in [0.2, 0.25) is 0 Å². The Balaban J connectivity index is 1.54. The second-order valence-corrected chi connectivity index (χ2v) is 6.98. The van der Waals surface area contributed by atoms with Crippen LogP contribution in [-0.2, 0) is 0 Å². The number of ether oxygens (including phenoxy) is 2. The third-order valence-electron chi connectivity index (χ3n) is 4.65. The zero-order valence-electron chi connectivity index (χ0n) is 16.0. The molecule has 0 saturated heterocycles. The van der Waals surface area contributed by atoms with E-state index in [1.165, 1.54) is 0 Å². The van der Waals surface area contributed by atoms with Gasteiger partial charge in [0.15, 0.2) is 0 Å². The van der Waals surface area contributed by atoms with Gasteiger partial charge in [-0.25, -0.2) is 0 Å². The molecule has 0 aliphatic heterocycles. The van der Waals surface area contributed by atoms with E-state index >= 15 is 0 Å². The summed E-state index contributed by atoms with van der Waals surface area (Å²) in [6, 6.07) is 20.5. The summed E-state index contributed by atoms with van der Waals surface area (Å²) >= 11 is 6.06. The van der Waals surface area contributed by atoms with Crippen molar-refractivity contribution >= 4 is 34.1 Å². The second kappa shape index (κ2) is 7.89. The highest BCUT2D eigenvalue weighted by Gasteiger charge is 2.11. The number of carbonyl (C=O) groups is 1. The van der Waals surface area contributed by atoms with Crippen molar-refractivity contribution < 1.29 is 14.3 Å². The smallest absolute Gasteiger partial charge is 0.255 e. The summed E-state index contributed by atoms with van der Waals surface area (Å²) in [4.78, 5) is 16.0. The number of H-pyrrole nitrogens is 1. The molecule has 1 amide bonds. The highest BCUT2D eigenvalue weighted by atomic mass is 35.5. The molecule has 0 aliphatic carbocycles. The molecular formula is C23H19ClN2O3. The van der Waals surface area contributed by atoms with Gasteiger partial charge in [-0.05, 0) is 54.1 Å². The molecule has 0 spiro atoms. The fraction of sp³-hybridized carbons (Fsp3) is 0.0870. The largest absolute Gasteiger partial charge is 0.497 e. The van der Waals surface area contributed by atoms with E-state index in [4.69, 9.17) is 21.1 Å². The Morgan fingerprint density at radius 3 is 2.24 bits per heavy atom. The van der Waals surface area contributed by atoms with Crippen LogP contribution in [0.1, 0.15) is 10.4 Å². The zero-order valence-corrected chi connectivity index (χ0v) is 16.7. The molecule has 1 aromatic heterocycles. The standard InChI is InChI=1S/C23H19ClN2O3/c1-28-19-10-16(11-20(13-19)29-2)23(27)25-18-6-3-14(4-7-18)22-12-15-9-17(24)5-8-21(15)26-22/h3-13,26H,1-2H3,(H,25,27). The van der Waals surface area contributed by atoms with Crippen molar-refractivity contribution in [3.63, 3.8) is 0 Å². The van der Waals surface area contributed by atoms with Crippen molar-refractivity contribution in [1.82, 2.24) is 4.98 Å². The van der Waals surface area contributed by atoms with Gasteiger partial charge in [-0.3, -0.25) is 4.79 Å². The highest BCUT2D eigenvalue weighted by molar-refractivity contribution is 6.31. The van der Waals surface area contributed by atoms with E-state index in [2.05, 4.69) is 16.4 Å². The van der Waals surface area contributed by atoms with Crippen LogP contribution in [0, 0.1) is 0 Å². The van der Waals surface area contributed by atoms with Gasteiger partial charge >= 0.3 is 0 Å². The second-order valence-electron chi connectivity index (χ2n) is 6.55. The Bertz CT molecular complexity index is 1160. The number of aromatic amines is 1. The van der Waals surface area contributed by atoms with E-state index in [-0.39, 0.29) is 5.91 Å². The molecule has 29 heavy (non-hydrogen) atoms. The number of amides is 1. The first-order valence-corrected chi connectivity index (χ1v) is 9.36. The van der Waals surface area contributed by atoms with E-state index in [1.54, 1.807) is 32.4 Å². The Labute approximate surface area is 173 Å². The summed E-state index contributed by atoms with van der Waals surface area (Å²) in [5, 5.41) is 4.65. The molecule has 0 unspecified atom stereocenters. The van der Waals surface area contributed by atoms with Crippen LogP contribution in [0.3, 0.4) is 0 Å². The maximum Gasteiger partial charge on any atom is 0.255 e. The molecule has 0 radical (unpaired) electrons. The summed E-state index contributed by atoms with van der Waals surface area (Å²) in [6.07, 6.45) is 0. The number of carbonyl (C=O) groups excluding carboxylic acids is 1. The number of hydrogen-bond acceptors (Lipinski definition) is 3. The maximum atomic E-state index is 12.6. The monoisotopic (exact) mass is 406 g/mol. The van der Waals surface area contributed by atoms with Gasteiger partial charge < -0.3 is 19.8 Å². The number of aromatic nitrogens is 1. The van der Waals surface area contributed by atoms with E-state index < -0.39 is 0 Å². The zero-order chi connectivity index (χ0) is 20.4. The van der Waals surface area contributed by atoms with Crippen molar-refractivity contribution in [3.05, 3.63) is 77.3 Å². The Hall–Kier alpha value is -3.44. The fourth-order valence-electron chi connectivity index (χ4n) is 3.13. The molecule has 5 nitrogen and oxygen atoms in total. The summed E-state index contributed by atoms with van der Waals surface area (Å²) in [7, 11) is 3.10. The Morgan fingerprint density at radius 1 is 0.897 bits per heavy atom. The van der Waals surface area contributed by atoms with Crippen molar-refractivity contribution in [2.45, 2.75) is 0 Å². The molecule has 0 saturated carbocycles. The van der Waals surface area contributed by atoms with Gasteiger partial charge in [0, 0.05) is 38.9 Å². The lowest BCUT2D eigenvalue weighted by Crippen LogP contribution is -2.12. The third kappa shape index (κ3) is 4.05. The molecule has 146 valence electrons. The summed E-state index contributed by atoms with van der Waals surface area (Å²) < 4.78 is 10.4. The lowest BCUT2D eigenvalue weighted by Gasteiger charge is -2.09. The molecule has 1 heterocycles. The molecular weight excluding hydrogens is 388 g/mol. The summed E-state index contributed by atoms with van der Waals surface area (Å²) in [6.45, 7) is 0. The molecule has 4 rings (SSSR count). The summed E-state index contributed by atoms with van der Waals surface area (Å²) in [5.74, 6) is 0.878. The van der Waals surface area contributed by atoms with E-state index in [0.717, 1.165) is 22.2 Å². The molecule has 0 aliphatic rings. The first-order valence-electron chi connectivity index (χ1n) is 8.99. The van der Waals surface area contributed by atoms with Crippen LogP contribution in [0.2, 0.25) is 5.02 Å². The number of hydrogen-bond donors (Lipinski definition) is 2. The number of fused-ring (bicyclic) bond motifs is 1. The molecule has 4 aromatic rings. The average Bonchev–Trinajstić information content (AvgIpc) is 3.17. The normalized spacial score (nSPS) is 10.7. The van der Waals surface area contributed by atoms with Crippen LogP contribution >= 0.6 is 11.6 Å². The third-order valence-corrected chi connectivity index (χ3v) is 4.89. The van der Waals surface area contributed by atoms with Gasteiger partial charge in [0.25, 0.3) is 5.91 Å². The van der Waals surface area contributed by atoms with E-state index in [0.29, 0.717) is 27.8 Å². The van der Waals surface area contributed by atoms with Gasteiger partial charge in [0.05, 0.1) is 14.2 Å².